The Hall–Kier alpha value is -2.38. The Morgan fingerprint density at radius 2 is 2.00 bits per heavy atom. The largest absolute Gasteiger partial charge is 0.466 e. The fourth-order valence-corrected chi connectivity index (χ4v) is 3.32. The number of ether oxygens (including phenoxy) is 1. The summed E-state index contributed by atoms with van der Waals surface area (Å²) in [5, 5.41) is 6.37. The molecule has 1 aromatic heterocycles. The van der Waals surface area contributed by atoms with Crippen LogP contribution in [0.15, 0.2) is 10.6 Å². The Morgan fingerprint density at radius 3 is 2.63 bits per heavy atom. The van der Waals surface area contributed by atoms with E-state index in [9.17, 15) is 14.4 Å². The zero-order valence-corrected chi connectivity index (χ0v) is 16.2. The van der Waals surface area contributed by atoms with Gasteiger partial charge in [-0.15, -0.1) is 0 Å². The third-order valence-corrected chi connectivity index (χ3v) is 4.63. The Labute approximate surface area is 159 Å². The average Bonchev–Trinajstić information content (AvgIpc) is 3.05. The predicted molar refractivity (Wildman–Crippen MR) is 98.9 cm³/mol. The van der Waals surface area contributed by atoms with Crippen molar-refractivity contribution < 1.29 is 23.6 Å². The van der Waals surface area contributed by atoms with Crippen LogP contribution in [0.4, 0.5) is 5.82 Å². The van der Waals surface area contributed by atoms with Gasteiger partial charge in [0.1, 0.15) is 5.76 Å². The van der Waals surface area contributed by atoms with Crippen LogP contribution in [0, 0.1) is 12.8 Å². The molecular weight excluding hydrogens is 350 g/mol. The highest BCUT2D eigenvalue weighted by atomic mass is 16.5. The molecular formula is C19H29N3O5. The van der Waals surface area contributed by atoms with Crippen LogP contribution in [0.2, 0.25) is 0 Å². The highest BCUT2D eigenvalue weighted by molar-refractivity contribution is 5.94. The second-order valence-electron chi connectivity index (χ2n) is 6.95. The lowest BCUT2D eigenvalue weighted by Crippen LogP contribution is -2.41. The number of hydrogen-bond acceptors (Lipinski definition) is 6. The maximum absolute atomic E-state index is 12.6. The molecule has 0 unspecified atom stereocenters. The number of esters is 1. The average molecular weight is 379 g/mol. The van der Waals surface area contributed by atoms with Gasteiger partial charge in [0.15, 0.2) is 5.82 Å². The van der Waals surface area contributed by atoms with E-state index in [1.54, 1.807) is 24.8 Å². The minimum atomic E-state index is -0.397. The van der Waals surface area contributed by atoms with Crippen LogP contribution < -0.4 is 5.32 Å². The van der Waals surface area contributed by atoms with Crippen molar-refractivity contribution >= 4 is 23.6 Å². The quantitative estimate of drug-likeness (QED) is 0.662. The Morgan fingerprint density at radius 1 is 1.26 bits per heavy atom. The highest BCUT2D eigenvalue weighted by Crippen LogP contribution is 2.24. The van der Waals surface area contributed by atoms with Crippen LogP contribution in [-0.4, -0.2) is 47.5 Å². The molecule has 1 N–H and O–H groups in total. The first-order chi connectivity index (χ1) is 13.0. The Balaban J connectivity index is 1.93. The van der Waals surface area contributed by atoms with Crippen molar-refractivity contribution in [1.29, 1.82) is 0 Å². The molecule has 27 heavy (non-hydrogen) atoms. The molecule has 0 spiro atoms. The van der Waals surface area contributed by atoms with E-state index in [0.717, 1.165) is 25.7 Å². The summed E-state index contributed by atoms with van der Waals surface area (Å²) in [7, 11) is 0. The zero-order chi connectivity index (χ0) is 19.6. The molecule has 8 nitrogen and oxygen atoms in total. The van der Waals surface area contributed by atoms with Gasteiger partial charge in [-0.1, -0.05) is 24.4 Å². The molecule has 1 aromatic rings. The SMILES string of the molecule is CCOC(=O)CCC(=O)N(CC(=O)Nc1cc(C)on1)CC1CCCCC1. The third-order valence-electron chi connectivity index (χ3n) is 4.63. The summed E-state index contributed by atoms with van der Waals surface area (Å²) in [4.78, 5) is 38.1. The molecule has 1 aliphatic rings. The normalized spacial score (nSPS) is 14.6. The summed E-state index contributed by atoms with van der Waals surface area (Å²) >= 11 is 0. The lowest BCUT2D eigenvalue weighted by molar-refractivity contribution is -0.146. The van der Waals surface area contributed by atoms with Crippen molar-refractivity contribution in [3.8, 4) is 0 Å². The molecule has 0 bridgehead atoms. The van der Waals surface area contributed by atoms with Crippen molar-refractivity contribution in [3.05, 3.63) is 11.8 Å². The van der Waals surface area contributed by atoms with Crippen molar-refractivity contribution in [1.82, 2.24) is 10.1 Å². The fraction of sp³-hybridized carbons (Fsp3) is 0.684. The second kappa shape index (κ2) is 10.7. The van der Waals surface area contributed by atoms with Gasteiger partial charge in [0.25, 0.3) is 0 Å². The number of carbonyl (C=O) groups is 3. The van der Waals surface area contributed by atoms with Crippen LogP contribution in [-0.2, 0) is 19.1 Å². The molecule has 8 heteroatoms. The molecule has 0 aliphatic heterocycles. The summed E-state index contributed by atoms with van der Waals surface area (Å²) in [5.74, 6) is 0.381. The van der Waals surface area contributed by atoms with E-state index in [1.165, 1.54) is 6.42 Å². The van der Waals surface area contributed by atoms with E-state index in [2.05, 4.69) is 10.5 Å². The number of nitrogens with zero attached hydrogens (tertiary/aromatic N) is 2. The molecule has 1 heterocycles. The molecule has 1 fully saturated rings. The molecule has 1 saturated carbocycles. The summed E-state index contributed by atoms with van der Waals surface area (Å²) in [6, 6.07) is 1.62. The predicted octanol–water partition coefficient (Wildman–Crippen LogP) is 2.67. The minimum Gasteiger partial charge on any atom is -0.466 e. The van der Waals surface area contributed by atoms with E-state index in [1.807, 2.05) is 0 Å². The van der Waals surface area contributed by atoms with E-state index < -0.39 is 5.97 Å². The Bertz CT molecular complexity index is 637. The number of nitrogens with one attached hydrogen (secondary N) is 1. The van der Waals surface area contributed by atoms with Crippen LogP contribution in [0.1, 0.15) is 57.6 Å². The molecule has 0 aromatic carbocycles. The number of rotatable bonds is 9. The highest BCUT2D eigenvalue weighted by Gasteiger charge is 2.24. The van der Waals surface area contributed by atoms with Gasteiger partial charge in [-0.25, -0.2) is 0 Å². The van der Waals surface area contributed by atoms with Crippen LogP contribution >= 0.6 is 0 Å². The number of hydrogen-bond donors (Lipinski definition) is 1. The first kappa shape index (κ1) is 20.9. The van der Waals surface area contributed by atoms with E-state index >= 15 is 0 Å². The number of anilines is 1. The lowest BCUT2D eigenvalue weighted by atomic mass is 9.89. The molecule has 0 radical (unpaired) electrons. The van der Waals surface area contributed by atoms with Crippen LogP contribution in [0.25, 0.3) is 0 Å². The number of aromatic nitrogens is 1. The molecule has 0 saturated heterocycles. The van der Waals surface area contributed by atoms with Crippen molar-refractivity contribution in [2.45, 2.75) is 58.8 Å². The van der Waals surface area contributed by atoms with E-state index in [0.29, 0.717) is 30.6 Å². The molecule has 2 rings (SSSR count). The molecule has 2 amide bonds. The van der Waals surface area contributed by atoms with Crippen LogP contribution in [0.3, 0.4) is 0 Å². The first-order valence-corrected chi connectivity index (χ1v) is 9.64. The van der Waals surface area contributed by atoms with Crippen LogP contribution in [0.5, 0.6) is 0 Å². The van der Waals surface area contributed by atoms with Gasteiger partial charge in [0.05, 0.1) is 19.6 Å². The van der Waals surface area contributed by atoms with Gasteiger partial charge < -0.3 is 19.5 Å². The second-order valence-corrected chi connectivity index (χ2v) is 6.95. The molecule has 1 aliphatic carbocycles. The van der Waals surface area contributed by atoms with Gasteiger partial charge >= 0.3 is 5.97 Å². The Kier molecular flexibility index (Phi) is 8.29. The van der Waals surface area contributed by atoms with E-state index in [-0.39, 0.29) is 31.2 Å². The standard InChI is InChI=1S/C19H29N3O5/c1-3-26-19(25)10-9-18(24)22(12-15-7-5-4-6-8-15)13-17(23)20-16-11-14(2)27-21-16/h11,15H,3-10,12-13H2,1-2H3,(H,20,21,23). The van der Waals surface area contributed by atoms with Gasteiger partial charge in [-0.05, 0) is 32.6 Å². The number of carbonyl (C=O) groups excluding carboxylic acids is 3. The number of aryl methyl sites for hydroxylation is 1. The van der Waals surface area contributed by atoms with Crippen molar-refractivity contribution in [2.75, 3.05) is 25.0 Å². The monoisotopic (exact) mass is 379 g/mol. The van der Waals surface area contributed by atoms with Gasteiger partial charge in [-0.2, -0.15) is 0 Å². The fourth-order valence-electron chi connectivity index (χ4n) is 3.32. The van der Waals surface area contributed by atoms with Crippen molar-refractivity contribution in [2.24, 2.45) is 5.92 Å². The lowest BCUT2D eigenvalue weighted by Gasteiger charge is -2.29. The zero-order valence-electron chi connectivity index (χ0n) is 16.2. The maximum atomic E-state index is 12.6. The third kappa shape index (κ3) is 7.40. The summed E-state index contributed by atoms with van der Waals surface area (Å²) in [6.07, 6.45) is 5.72. The van der Waals surface area contributed by atoms with Gasteiger partial charge in [-0.3, -0.25) is 14.4 Å². The topological polar surface area (TPSA) is 102 Å². The molecule has 0 atom stereocenters. The smallest absolute Gasteiger partial charge is 0.306 e. The first-order valence-electron chi connectivity index (χ1n) is 9.64. The summed E-state index contributed by atoms with van der Waals surface area (Å²) in [5.41, 5.74) is 0. The summed E-state index contributed by atoms with van der Waals surface area (Å²) < 4.78 is 9.81. The number of amides is 2. The van der Waals surface area contributed by atoms with Gasteiger partial charge in [0.2, 0.25) is 11.8 Å². The minimum absolute atomic E-state index is 0.0257. The van der Waals surface area contributed by atoms with Crippen molar-refractivity contribution in [3.63, 3.8) is 0 Å². The molecule has 150 valence electrons. The van der Waals surface area contributed by atoms with E-state index in [4.69, 9.17) is 9.26 Å². The maximum Gasteiger partial charge on any atom is 0.306 e. The summed E-state index contributed by atoms with van der Waals surface area (Å²) in [6.45, 7) is 4.22. The van der Waals surface area contributed by atoms with Gasteiger partial charge in [0, 0.05) is 19.0 Å².